The van der Waals surface area contributed by atoms with Gasteiger partial charge in [-0.3, -0.25) is 9.59 Å². The number of aliphatic carboxylic acids is 2. The molecule has 0 aromatic carbocycles. The van der Waals surface area contributed by atoms with Gasteiger partial charge in [0.25, 0.3) is 5.91 Å². The zero-order chi connectivity index (χ0) is 20.9. The normalized spacial score (nSPS) is 11.3. The van der Waals surface area contributed by atoms with Crippen LogP contribution in [0.25, 0.3) is 0 Å². The number of amides is 3. The van der Waals surface area contributed by atoms with Gasteiger partial charge >= 0.3 is 18.0 Å². The van der Waals surface area contributed by atoms with E-state index in [1.54, 1.807) is 0 Å². The molecule has 11 heteroatoms. The molecule has 0 radical (unpaired) electrons. The van der Waals surface area contributed by atoms with Gasteiger partial charge in [0.15, 0.2) is 0 Å². The first-order valence-electron chi connectivity index (χ1n) is 8.68. The van der Waals surface area contributed by atoms with E-state index in [4.69, 9.17) is 10.2 Å². The molecule has 0 aliphatic carbocycles. The minimum Gasteiger partial charge on any atom is -0.481 e. The quantitative estimate of drug-likeness (QED) is 0.257. The van der Waals surface area contributed by atoms with Crippen LogP contribution in [0.2, 0.25) is 0 Å². The molecule has 0 unspecified atom stereocenters. The van der Waals surface area contributed by atoms with E-state index in [0.29, 0.717) is 12.8 Å². The van der Waals surface area contributed by atoms with E-state index >= 15 is 0 Å². The van der Waals surface area contributed by atoms with Crippen LogP contribution >= 0.6 is 0 Å². The van der Waals surface area contributed by atoms with Gasteiger partial charge in [-0.15, -0.1) is 0 Å². The van der Waals surface area contributed by atoms with Gasteiger partial charge in [-0.25, -0.2) is 14.6 Å². The molecule has 1 rings (SSSR count). The highest BCUT2D eigenvalue weighted by molar-refractivity contribution is 5.93. The molecule has 5 N–H and O–H groups in total. The van der Waals surface area contributed by atoms with E-state index in [2.05, 4.69) is 20.9 Å². The van der Waals surface area contributed by atoms with E-state index in [9.17, 15) is 23.6 Å². The van der Waals surface area contributed by atoms with Crippen molar-refractivity contribution in [2.75, 3.05) is 13.1 Å². The number of rotatable bonds is 12. The molecule has 28 heavy (non-hydrogen) atoms. The lowest BCUT2D eigenvalue weighted by molar-refractivity contribution is -0.139. The molecule has 0 saturated heterocycles. The Bertz CT molecular complexity index is 683. The number of urea groups is 1. The first-order chi connectivity index (χ1) is 13.3. The third-order valence-electron chi connectivity index (χ3n) is 3.65. The van der Waals surface area contributed by atoms with Crippen LogP contribution in [0.15, 0.2) is 18.3 Å². The summed E-state index contributed by atoms with van der Waals surface area (Å²) in [6.07, 6.45) is 2.33. The Morgan fingerprint density at radius 2 is 1.75 bits per heavy atom. The summed E-state index contributed by atoms with van der Waals surface area (Å²) >= 11 is 0. The van der Waals surface area contributed by atoms with Crippen molar-refractivity contribution in [3.8, 4) is 0 Å². The summed E-state index contributed by atoms with van der Waals surface area (Å²) in [5.74, 6) is -3.27. The predicted octanol–water partition coefficient (Wildman–Crippen LogP) is 0.738. The molecule has 1 aromatic heterocycles. The van der Waals surface area contributed by atoms with Crippen LogP contribution in [0, 0.1) is 5.95 Å². The topological polar surface area (TPSA) is 158 Å². The molecule has 0 spiro atoms. The maximum atomic E-state index is 12.7. The molecule has 0 saturated carbocycles. The molecule has 10 nitrogen and oxygen atoms in total. The summed E-state index contributed by atoms with van der Waals surface area (Å²) in [6, 6.07) is 0.591. The Morgan fingerprint density at radius 1 is 1.04 bits per heavy atom. The smallest absolute Gasteiger partial charge is 0.326 e. The molecule has 154 valence electrons. The van der Waals surface area contributed by atoms with Crippen molar-refractivity contribution in [1.82, 2.24) is 20.9 Å². The number of halogens is 1. The second kappa shape index (κ2) is 12.2. The fraction of sp³-hybridized carbons (Fsp3) is 0.471. The molecule has 1 atom stereocenters. The monoisotopic (exact) mass is 397 g/mol. The molecule has 0 fully saturated rings. The first-order valence-corrected chi connectivity index (χ1v) is 8.68. The first kappa shape index (κ1) is 22.8. The standard InChI is InChI=1S/C17H23FN4O6/c18-13-7-6-11(10-21-13)15(25)19-8-2-1-4-12(16(26)27)22-17(28)20-9-3-5-14(23)24/h6-7,10,12H,1-5,8-9H2,(H,19,25)(H,23,24)(H,26,27)(H2,20,22,28)/t12-/m0/s1/i18-1. The van der Waals surface area contributed by atoms with E-state index in [1.165, 1.54) is 6.07 Å². The van der Waals surface area contributed by atoms with E-state index in [1.807, 2.05) is 0 Å². The maximum absolute atomic E-state index is 12.7. The van der Waals surface area contributed by atoms with Gasteiger partial charge in [0.05, 0.1) is 5.56 Å². The zero-order valence-electron chi connectivity index (χ0n) is 15.1. The Hall–Kier alpha value is -3.24. The molecule has 1 heterocycles. The van der Waals surface area contributed by atoms with Crippen LogP contribution in [0.1, 0.15) is 42.5 Å². The second-order valence-electron chi connectivity index (χ2n) is 5.91. The van der Waals surface area contributed by atoms with Crippen LogP contribution in [0.5, 0.6) is 0 Å². The van der Waals surface area contributed by atoms with E-state index in [0.717, 1.165) is 12.3 Å². The Kier molecular flexibility index (Phi) is 9.94. The van der Waals surface area contributed by atoms with Crippen LogP contribution in [-0.2, 0) is 9.59 Å². The SMILES string of the molecule is O=C(O)CCCNC(=O)N[C@@H](CCCCNC(=O)c1ccc([18F])nc1)C(=O)O. The maximum Gasteiger partial charge on any atom is 0.326 e. The Balaban J connectivity index is 2.24. The minimum atomic E-state index is -1.19. The van der Waals surface area contributed by atoms with Crippen LogP contribution in [0.4, 0.5) is 9.18 Å². The Labute approximate surface area is 160 Å². The number of aromatic nitrogens is 1. The molecule has 0 aliphatic heterocycles. The van der Waals surface area contributed by atoms with Gasteiger partial charge in [-0.1, -0.05) is 0 Å². The lowest BCUT2D eigenvalue weighted by Gasteiger charge is -2.15. The Morgan fingerprint density at radius 3 is 2.36 bits per heavy atom. The molecular formula is C17H23FN4O6. The highest BCUT2D eigenvalue weighted by Crippen LogP contribution is 2.03. The average molecular weight is 397 g/mol. The summed E-state index contributed by atoms with van der Waals surface area (Å²) in [5, 5.41) is 25.0. The minimum absolute atomic E-state index is 0.0949. The number of pyridine rings is 1. The number of unbranched alkanes of at least 4 members (excludes halogenated alkanes) is 1. The van der Waals surface area contributed by atoms with Gasteiger partial charge < -0.3 is 26.2 Å². The summed E-state index contributed by atoms with van der Waals surface area (Å²) < 4.78 is 12.7. The number of nitrogens with one attached hydrogen (secondary N) is 3. The molecule has 3 amide bonds. The van der Waals surface area contributed by atoms with Crippen molar-refractivity contribution in [2.24, 2.45) is 0 Å². The van der Waals surface area contributed by atoms with Crippen molar-refractivity contribution in [3.05, 3.63) is 29.8 Å². The summed E-state index contributed by atoms with van der Waals surface area (Å²) in [5.41, 5.74) is 0.214. The zero-order valence-corrected chi connectivity index (χ0v) is 15.1. The van der Waals surface area contributed by atoms with Gasteiger partial charge in [0, 0.05) is 25.7 Å². The second-order valence-corrected chi connectivity index (χ2v) is 5.91. The number of hydrogen-bond acceptors (Lipinski definition) is 5. The summed E-state index contributed by atoms with van der Waals surface area (Å²) in [6.45, 7) is 0.401. The number of carbonyl (C=O) groups excluding carboxylic acids is 2. The highest BCUT2D eigenvalue weighted by atomic mass is 18.2. The van der Waals surface area contributed by atoms with E-state index < -0.39 is 35.9 Å². The van der Waals surface area contributed by atoms with Crippen molar-refractivity contribution in [2.45, 2.75) is 38.1 Å². The van der Waals surface area contributed by atoms with Crippen LogP contribution in [0.3, 0.4) is 0 Å². The van der Waals surface area contributed by atoms with Crippen molar-refractivity contribution < 1.29 is 33.8 Å². The summed E-state index contributed by atoms with van der Waals surface area (Å²) in [7, 11) is 0. The van der Waals surface area contributed by atoms with Gasteiger partial charge in [0.2, 0.25) is 5.95 Å². The van der Waals surface area contributed by atoms with Crippen molar-refractivity contribution >= 4 is 23.9 Å². The molecule has 0 aliphatic rings. The number of carbonyl (C=O) groups is 4. The average Bonchev–Trinajstić information content (AvgIpc) is 2.64. The van der Waals surface area contributed by atoms with Gasteiger partial charge in [-0.05, 0) is 37.8 Å². The third kappa shape index (κ3) is 9.46. The molecule has 1 aromatic rings. The van der Waals surface area contributed by atoms with Crippen molar-refractivity contribution in [1.29, 1.82) is 0 Å². The fourth-order valence-electron chi connectivity index (χ4n) is 2.20. The predicted molar refractivity (Wildman–Crippen MR) is 95.2 cm³/mol. The summed E-state index contributed by atoms with van der Waals surface area (Å²) in [4.78, 5) is 48.4. The van der Waals surface area contributed by atoms with Gasteiger partial charge in [-0.2, -0.15) is 4.39 Å². The van der Waals surface area contributed by atoms with Crippen LogP contribution < -0.4 is 16.0 Å². The highest BCUT2D eigenvalue weighted by Gasteiger charge is 2.19. The largest absolute Gasteiger partial charge is 0.481 e. The number of nitrogens with zero attached hydrogens (tertiary/aromatic N) is 1. The van der Waals surface area contributed by atoms with Gasteiger partial charge in [0.1, 0.15) is 6.04 Å². The number of carboxylic acids is 2. The number of carboxylic acid groups (broad SMARTS) is 2. The lowest BCUT2D eigenvalue weighted by atomic mass is 10.1. The van der Waals surface area contributed by atoms with Crippen LogP contribution in [-0.4, -0.2) is 58.2 Å². The lowest BCUT2D eigenvalue weighted by Crippen LogP contribution is -2.46. The third-order valence-corrected chi connectivity index (χ3v) is 3.65. The fourth-order valence-corrected chi connectivity index (χ4v) is 2.20. The molecule has 0 bridgehead atoms. The molecular weight excluding hydrogens is 374 g/mol. The van der Waals surface area contributed by atoms with E-state index in [-0.39, 0.29) is 37.9 Å². The van der Waals surface area contributed by atoms with Crippen molar-refractivity contribution in [3.63, 3.8) is 0 Å². The number of hydrogen-bond donors (Lipinski definition) is 5.